The van der Waals surface area contributed by atoms with Crippen LogP contribution < -0.4 is 5.73 Å². The third-order valence-corrected chi connectivity index (χ3v) is 3.92. The van der Waals surface area contributed by atoms with Crippen LogP contribution in [-0.4, -0.2) is 16.3 Å². The highest BCUT2D eigenvalue weighted by atomic mass is 15.3. The number of aromatic nitrogens is 2. The van der Waals surface area contributed by atoms with E-state index in [2.05, 4.69) is 57.1 Å². The average Bonchev–Trinajstić information content (AvgIpc) is 2.75. The van der Waals surface area contributed by atoms with Crippen molar-refractivity contribution in [2.45, 2.75) is 39.5 Å². The number of hydrogen-bond acceptors (Lipinski definition) is 2. The molecule has 0 fully saturated rings. The standard InChI is InChI=1S/C17H25N3/c1-11(2)16-9-17(20(5)19-16)15(10-18)14-7-6-12(3)8-13(14)4/h6-9,11,15H,10,18H2,1-5H3. The van der Waals surface area contributed by atoms with Gasteiger partial charge in [0.25, 0.3) is 0 Å². The van der Waals surface area contributed by atoms with Crippen molar-refractivity contribution in [1.29, 1.82) is 0 Å². The van der Waals surface area contributed by atoms with E-state index in [1.165, 1.54) is 22.4 Å². The molecule has 0 radical (unpaired) electrons. The summed E-state index contributed by atoms with van der Waals surface area (Å²) >= 11 is 0. The van der Waals surface area contributed by atoms with Gasteiger partial charge in [0.2, 0.25) is 0 Å². The smallest absolute Gasteiger partial charge is 0.0653 e. The summed E-state index contributed by atoms with van der Waals surface area (Å²) in [6, 6.07) is 8.77. The van der Waals surface area contributed by atoms with Crippen molar-refractivity contribution >= 4 is 0 Å². The summed E-state index contributed by atoms with van der Waals surface area (Å²) in [6.07, 6.45) is 0. The van der Waals surface area contributed by atoms with Crippen LogP contribution in [0.25, 0.3) is 0 Å². The van der Waals surface area contributed by atoms with Gasteiger partial charge in [-0.15, -0.1) is 0 Å². The molecule has 1 aromatic carbocycles. The van der Waals surface area contributed by atoms with E-state index in [0.29, 0.717) is 12.5 Å². The van der Waals surface area contributed by atoms with Gasteiger partial charge in [0.05, 0.1) is 5.69 Å². The average molecular weight is 271 g/mol. The van der Waals surface area contributed by atoms with Crippen molar-refractivity contribution in [2.24, 2.45) is 12.8 Å². The first-order chi connectivity index (χ1) is 9.43. The summed E-state index contributed by atoms with van der Waals surface area (Å²) in [5.41, 5.74) is 12.3. The highest BCUT2D eigenvalue weighted by Gasteiger charge is 2.20. The summed E-state index contributed by atoms with van der Waals surface area (Å²) in [5.74, 6) is 0.646. The van der Waals surface area contributed by atoms with Gasteiger partial charge in [-0.25, -0.2) is 0 Å². The van der Waals surface area contributed by atoms with E-state index in [1.54, 1.807) is 0 Å². The largest absolute Gasteiger partial charge is 0.329 e. The zero-order valence-electron chi connectivity index (χ0n) is 13.1. The molecule has 2 N–H and O–H groups in total. The molecule has 1 heterocycles. The van der Waals surface area contributed by atoms with Gasteiger partial charge < -0.3 is 5.73 Å². The van der Waals surface area contributed by atoms with Crippen LogP contribution in [0.5, 0.6) is 0 Å². The maximum absolute atomic E-state index is 6.06. The molecule has 1 aromatic heterocycles. The number of hydrogen-bond donors (Lipinski definition) is 1. The Hall–Kier alpha value is -1.61. The minimum Gasteiger partial charge on any atom is -0.329 e. The second-order valence-corrected chi connectivity index (χ2v) is 5.92. The molecule has 3 heteroatoms. The van der Waals surface area contributed by atoms with Gasteiger partial charge in [0, 0.05) is 25.2 Å². The first-order valence-corrected chi connectivity index (χ1v) is 7.25. The summed E-state index contributed by atoms with van der Waals surface area (Å²) in [7, 11) is 2.01. The fraction of sp³-hybridized carbons (Fsp3) is 0.471. The number of nitrogens with zero attached hydrogens (tertiary/aromatic N) is 2. The molecule has 20 heavy (non-hydrogen) atoms. The van der Waals surface area contributed by atoms with Crippen LogP contribution in [0.4, 0.5) is 0 Å². The van der Waals surface area contributed by atoms with Gasteiger partial charge >= 0.3 is 0 Å². The van der Waals surface area contributed by atoms with Crippen molar-refractivity contribution in [2.75, 3.05) is 6.54 Å². The van der Waals surface area contributed by atoms with Crippen molar-refractivity contribution < 1.29 is 0 Å². The number of nitrogens with two attached hydrogens (primary N) is 1. The van der Waals surface area contributed by atoms with E-state index in [-0.39, 0.29) is 5.92 Å². The predicted molar refractivity (Wildman–Crippen MR) is 84.1 cm³/mol. The van der Waals surface area contributed by atoms with Crippen LogP contribution in [-0.2, 0) is 7.05 Å². The van der Waals surface area contributed by atoms with Crippen molar-refractivity contribution in [3.63, 3.8) is 0 Å². The summed E-state index contributed by atoms with van der Waals surface area (Å²) in [6.45, 7) is 9.21. The molecule has 0 bridgehead atoms. The SMILES string of the molecule is Cc1ccc(C(CN)c2cc(C(C)C)nn2C)c(C)c1. The Morgan fingerprint density at radius 3 is 2.40 bits per heavy atom. The predicted octanol–water partition coefficient (Wildman–Crippen LogP) is 3.25. The molecule has 0 saturated carbocycles. The molecular weight excluding hydrogens is 246 g/mol. The molecule has 2 aromatic rings. The number of aryl methyl sites for hydroxylation is 3. The lowest BCUT2D eigenvalue weighted by Crippen LogP contribution is -2.18. The molecular formula is C17H25N3. The molecule has 2 rings (SSSR count). The van der Waals surface area contributed by atoms with Gasteiger partial charge in [0.1, 0.15) is 0 Å². The highest BCUT2D eigenvalue weighted by Crippen LogP contribution is 2.28. The van der Waals surface area contributed by atoms with E-state index in [4.69, 9.17) is 5.73 Å². The topological polar surface area (TPSA) is 43.8 Å². The molecule has 0 spiro atoms. The summed E-state index contributed by atoms with van der Waals surface area (Å²) < 4.78 is 1.98. The van der Waals surface area contributed by atoms with Crippen LogP contribution in [0.15, 0.2) is 24.3 Å². The Labute approximate surface area is 121 Å². The Kier molecular flexibility index (Phi) is 4.29. The molecule has 108 valence electrons. The third kappa shape index (κ3) is 2.78. The lowest BCUT2D eigenvalue weighted by atomic mass is 9.90. The van der Waals surface area contributed by atoms with E-state index in [0.717, 1.165) is 5.69 Å². The third-order valence-electron chi connectivity index (χ3n) is 3.92. The fourth-order valence-electron chi connectivity index (χ4n) is 2.74. The molecule has 0 aliphatic rings. The second kappa shape index (κ2) is 5.80. The van der Waals surface area contributed by atoms with Crippen molar-refractivity contribution in [1.82, 2.24) is 9.78 Å². The number of benzene rings is 1. The van der Waals surface area contributed by atoms with E-state index >= 15 is 0 Å². The Balaban J connectivity index is 2.47. The van der Waals surface area contributed by atoms with Crippen LogP contribution in [0.3, 0.4) is 0 Å². The van der Waals surface area contributed by atoms with E-state index in [1.807, 2.05) is 11.7 Å². The molecule has 3 nitrogen and oxygen atoms in total. The van der Waals surface area contributed by atoms with E-state index in [9.17, 15) is 0 Å². The first kappa shape index (κ1) is 14.8. The van der Waals surface area contributed by atoms with Gasteiger partial charge in [-0.3, -0.25) is 4.68 Å². The van der Waals surface area contributed by atoms with Gasteiger partial charge in [-0.05, 0) is 37.0 Å². The normalized spacial score (nSPS) is 12.9. The zero-order chi connectivity index (χ0) is 14.9. The quantitative estimate of drug-likeness (QED) is 0.927. The van der Waals surface area contributed by atoms with Gasteiger partial charge in [-0.2, -0.15) is 5.10 Å². The minimum absolute atomic E-state index is 0.209. The Bertz CT molecular complexity index is 596. The zero-order valence-corrected chi connectivity index (χ0v) is 13.1. The highest BCUT2D eigenvalue weighted by molar-refractivity contribution is 5.38. The number of rotatable bonds is 4. The maximum Gasteiger partial charge on any atom is 0.0653 e. The van der Waals surface area contributed by atoms with Crippen LogP contribution >= 0.6 is 0 Å². The van der Waals surface area contributed by atoms with Crippen molar-refractivity contribution in [3.8, 4) is 0 Å². The molecule has 0 saturated heterocycles. The molecule has 0 amide bonds. The van der Waals surface area contributed by atoms with Gasteiger partial charge in [-0.1, -0.05) is 37.6 Å². The Morgan fingerprint density at radius 2 is 1.90 bits per heavy atom. The minimum atomic E-state index is 0.209. The molecule has 1 atom stereocenters. The molecule has 0 aliphatic carbocycles. The van der Waals surface area contributed by atoms with Crippen LogP contribution in [0.2, 0.25) is 0 Å². The lowest BCUT2D eigenvalue weighted by Gasteiger charge is -2.18. The second-order valence-electron chi connectivity index (χ2n) is 5.92. The molecule has 0 aliphatic heterocycles. The van der Waals surface area contributed by atoms with E-state index < -0.39 is 0 Å². The monoisotopic (exact) mass is 271 g/mol. The maximum atomic E-state index is 6.06. The van der Waals surface area contributed by atoms with Crippen LogP contribution in [0.1, 0.15) is 53.8 Å². The lowest BCUT2D eigenvalue weighted by molar-refractivity contribution is 0.648. The fourth-order valence-corrected chi connectivity index (χ4v) is 2.74. The van der Waals surface area contributed by atoms with Crippen molar-refractivity contribution in [3.05, 3.63) is 52.3 Å². The van der Waals surface area contributed by atoms with Crippen LogP contribution in [0, 0.1) is 13.8 Å². The summed E-state index contributed by atoms with van der Waals surface area (Å²) in [5, 5.41) is 4.61. The van der Waals surface area contributed by atoms with Gasteiger partial charge in [0.15, 0.2) is 0 Å². The first-order valence-electron chi connectivity index (χ1n) is 7.25. The summed E-state index contributed by atoms with van der Waals surface area (Å²) in [4.78, 5) is 0. The Morgan fingerprint density at radius 1 is 1.20 bits per heavy atom. The molecule has 1 unspecified atom stereocenters.